The van der Waals surface area contributed by atoms with Gasteiger partial charge in [-0.15, -0.1) is 0 Å². The normalized spacial score (nSPS) is 11.9. The molecule has 0 spiro atoms. The number of halogens is 1. The summed E-state index contributed by atoms with van der Waals surface area (Å²) in [5, 5.41) is 11.4. The van der Waals surface area contributed by atoms with Crippen LogP contribution in [-0.4, -0.2) is 39.3 Å². The van der Waals surface area contributed by atoms with Gasteiger partial charge in [0.15, 0.2) is 5.96 Å². The van der Waals surface area contributed by atoms with E-state index in [2.05, 4.69) is 30.7 Å². The number of benzene rings is 1. The summed E-state index contributed by atoms with van der Waals surface area (Å²) in [6.07, 6.45) is 4.19. The largest absolute Gasteiger partial charge is 0.361 e. The lowest BCUT2D eigenvalue weighted by Crippen LogP contribution is -2.38. The third kappa shape index (κ3) is 3.53. The SMILES string of the molecule is CN=C(NCCc1c[nH]c2ccc(F)cc12)NCc1ncnn1C. The fourth-order valence-corrected chi connectivity index (χ4v) is 2.54. The van der Waals surface area contributed by atoms with Crippen LogP contribution in [0.5, 0.6) is 0 Å². The molecular formula is C16H20FN7. The van der Waals surface area contributed by atoms with E-state index in [4.69, 9.17) is 0 Å². The second-order valence-corrected chi connectivity index (χ2v) is 5.41. The number of aromatic amines is 1. The van der Waals surface area contributed by atoms with Gasteiger partial charge >= 0.3 is 0 Å². The van der Waals surface area contributed by atoms with E-state index >= 15 is 0 Å². The van der Waals surface area contributed by atoms with Crippen LogP contribution in [-0.2, 0) is 20.0 Å². The molecule has 3 aromatic rings. The van der Waals surface area contributed by atoms with Crippen molar-refractivity contribution in [2.45, 2.75) is 13.0 Å². The number of guanidine groups is 1. The summed E-state index contributed by atoms with van der Waals surface area (Å²) in [4.78, 5) is 11.5. The van der Waals surface area contributed by atoms with Gasteiger partial charge in [-0.1, -0.05) is 0 Å². The predicted octanol–water partition coefficient (Wildman–Crippen LogP) is 1.34. The molecule has 2 heterocycles. The van der Waals surface area contributed by atoms with E-state index in [9.17, 15) is 4.39 Å². The Bertz CT molecular complexity index is 849. The third-order valence-electron chi connectivity index (χ3n) is 3.86. The molecule has 8 heteroatoms. The Kier molecular flexibility index (Phi) is 4.74. The quantitative estimate of drug-likeness (QED) is 0.487. The Morgan fingerprint density at radius 3 is 3.00 bits per heavy atom. The van der Waals surface area contributed by atoms with Crippen molar-refractivity contribution in [3.05, 3.63) is 47.9 Å². The molecule has 126 valence electrons. The number of nitrogens with one attached hydrogen (secondary N) is 3. The summed E-state index contributed by atoms with van der Waals surface area (Å²) in [7, 11) is 3.56. The lowest BCUT2D eigenvalue weighted by Gasteiger charge is -2.11. The number of aliphatic imine (C=N–C) groups is 1. The second-order valence-electron chi connectivity index (χ2n) is 5.41. The highest BCUT2D eigenvalue weighted by Crippen LogP contribution is 2.19. The number of hydrogen-bond donors (Lipinski definition) is 3. The maximum atomic E-state index is 13.4. The summed E-state index contributed by atoms with van der Waals surface area (Å²) in [6.45, 7) is 1.22. The van der Waals surface area contributed by atoms with Gasteiger partial charge in [-0.25, -0.2) is 9.37 Å². The maximum absolute atomic E-state index is 13.4. The average Bonchev–Trinajstić information content (AvgIpc) is 3.17. The molecule has 0 aliphatic heterocycles. The zero-order valence-corrected chi connectivity index (χ0v) is 13.7. The van der Waals surface area contributed by atoms with Crippen molar-refractivity contribution in [2.24, 2.45) is 12.0 Å². The first kappa shape index (κ1) is 16.0. The van der Waals surface area contributed by atoms with E-state index in [0.29, 0.717) is 19.0 Å². The molecule has 0 amide bonds. The van der Waals surface area contributed by atoms with Crippen LogP contribution in [0.3, 0.4) is 0 Å². The lowest BCUT2D eigenvalue weighted by atomic mass is 10.1. The van der Waals surface area contributed by atoms with Gasteiger partial charge in [0.05, 0.1) is 6.54 Å². The Morgan fingerprint density at radius 2 is 2.25 bits per heavy atom. The molecule has 0 bridgehead atoms. The van der Waals surface area contributed by atoms with E-state index in [-0.39, 0.29) is 5.82 Å². The minimum atomic E-state index is -0.225. The van der Waals surface area contributed by atoms with E-state index in [1.807, 2.05) is 13.2 Å². The zero-order valence-electron chi connectivity index (χ0n) is 13.7. The van der Waals surface area contributed by atoms with E-state index in [1.54, 1.807) is 23.9 Å². The highest BCUT2D eigenvalue weighted by molar-refractivity contribution is 5.83. The molecule has 0 aliphatic rings. The van der Waals surface area contributed by atoms with Gasteiger partial charge in [-0.3, -0.25) is 9.67 Å². The molecule has 0 saturated heterocycles. The minimum Gasteiger partial charge on any atom is -0.361 e. The highest BCUT2D eigenvalue weighted by Gasteiger charge is 2.06. The molecule has 2 aromatic heterocycles. The Morgan fingerprint density at radius 1 is 1.38 bits per heavy atom. The van der Waals surface area contributed by atoms with E-state index in [0.717, 1.165) is 28.7 Å². The van der Waals surface area contributed by atoms with Crippen molar-refractivity contribution < 1.29 is 4.39 Å². The Balaban J connectivity index is 1.54. The molecule has 24 heavy (non-hydrogen) atoms. The van der Waals surface area contributed by atoms with Gasteiger partial charge in [-0.2, -0.15) is 5.10 Å². The molecular weight excluding hydrogens is 309 g/mol. The molecule has 0 unspecified atom stereocenters. The standard InChI is InChI=1S/C16H20FN7/c1-18-16(21-9-15-22-10-23-24(15)2)19-6-5-11-8-20-14-4-3-12(17)7-13(11)14/h3-4,7-8,10,20H,5-6,9H2,1-2H3,(H2,18,19,21). The van der Waals surface area contributed by atoms with Crippen LogP contribution >= 0.6 is 0 Å². The van der Waals surface area contributed by atoms with Gasteiger partial charge in [0.2, 0.25) is 0 Å². The van der Waals surface area contributed by atoms with Crippen LogP contribution < -0.4 is 10.6 Å². The number of hydrogen-bond acceptors (Lipinski definition) is 3. The smallest absolute Gasteiger partial charge is 0.191 e. The van der Waals surface area contributed by atoms with Crippen molar-refractivity contribution in [1.29, 1.82) is 0 Å². The van der Waals surface area contributed by atoms with Crippen LogP contribution in [0.15, 0.2) is 35.7 Å². The van der Waals surface area contributed by atoms with Crippen molar-refractivity contribution in [2.75, 3.05) is 13.6 Å². The number of aryl methyl sites for hydroxylation is 1. The molecule has 0 fully saturated rings. The third-order valence-corrected chi connectivity index (χ3v) is 3.86. The lowest BCUT2D eigenvalue weighted by molar-refractivity contribution is 0.629. The number of rotatable bonds is 5. The van der Waals surface area contributed by atoms with Gasteiger partial charge in [-0.05, 0) is 30.2 Å². The first-order valence-electron chi connectivity index (χ1n) is 7.70. The highest BCUT2D eigenvalue weighted by atomic mass is 19.1. The van der Waals surface area contributed by atoms with Gasteiger partial charge in [0, 0.05) is 37.7 Å². The molecule has 0 aliphatic carbocycles. The van der Waals surface area contributed by atoms with Crippen molar-refractivity contribution in [3.63, 3.8) is 0 Å². The molecule has 1 aromatic carbocycles. The first-order valence-corrected chi connectivity index (χ1v) is 7.70. The first-order chi connectivity index (χ1) is 11.7. The summed E-state index contributed by atoms with van der Waals surface area (Å²) in [6, 6.07) is 4.77. The van der Waals surface area contributed by atoms with Crippen LogP contribution in [0.4, 0.5) is 4.39 Å². The van der Waals surface area contributed by atoms with E-state index in [1.165, 1.54) is 12.4 Å². The number of aromatic nitrogens is 4. The molecule has 0 radical (unpaired) electrons. The zero-order chi connectivity index (χ0) is 16.9. The average molecular weight is 329 g/mol. The van der Waals surface area contributed by atoms with Crippen molar-refractivity contribution in [1.82, 2.24) is 30.4 Å². The van der Waals surface area contributed by atoms with E-state index < -0.39 is 0 Å². The molecule has 3 rings (SSSR count). The van der Waals surface area contributed by atoms with Gasteiger partial charge in [0.1, 0.15) is 18.0 Å². The van der Waals surface area contributed by atoms with Crippen molar-refractivity contribution in [3.8, 4) is 0 Å². The maximum Gasteiger partial charge on any atom is 0.191 e. The topological polar surface area (TPSA) is 82.9 Å². The van der Waals surface area contributed by atoms with Crippen LogP contribution in [0, 0.1) is 5.82 Å². The summed E-state index contributed by atoms with van der Waals surface area (Å²) in [5.74, 6) is 1.28. The van der Waals surface area contributed by atoms with Crippen LogP contribution in [0.2, 0.25) is 0 Å². The molecule has 7 nitrogen and oxygen atoms in total. The number of H-pyrrole nitrogens is 1. The second kappa shape index (κ2) is 7.12. The summed E-state index contributed by atoms with van der Waals surface area (Å²) < 4.78 is 15.1. The van der Waals surface area contributed by atoms with Crippen LogP contribution in [0.25, 0.3) is 10.9 Å². The minimum absolute atomic E-state index is 0.225. The Hall–Kier alpha value is -2.90. The fourth-order valence-electron chi connectivity index (χ4n) is 2.54. The monoisotopic (exact) mass is 329 g/mol. The molecule has 3 N–H and O–H groups in total. The van der Waals surface area contributed by atoms with Crippen molar-refractivity contribution >= 4 is 16.9 Å². The van der Waals surface area contributed by atoms with Gasteiger partial charge in [0.25, 0.3) is 0 Å². The fraction of sp³-hybridized carbons (Fsp3) is 0.312. The Labute approximate surface area is 139 Å². The molecule has 0 saturated carbocycles. The summed E-state index contributed by atoms with van der Waals surface area (Å²) in [5.41, 5.74) is 2.01. The number of nitrogens with zero attached hydrogens (tertiary/aromatic N) is 4. The number of fused-ring (bicyclic) bond motifs is 1. The van der Waals surface area contributed by atoms with Crippen LogP contribution in [0.1, 0.15) is 11.4 Å². The van der Waals surface area contributed by atoms with Gasteiger partial charge < -0.3 is 15.6 Å². The summed E-state index contributed by atoms with van der Waals surface area (Å²) >= 11 is 0. The molecule has 0 atom stereocenters. The predicted molar refractivity (Wildman–Crippen MR) is 91.2 cm³/mol.